The van der Waals surface area contributed by atoms with Gasteiger partial charge in [0.2, 0.25) is 5.60 Å². The summed E-state index contributed by atoms with van der Waals surface area (Å²) >= 11 is 0. The first kappa shape index (κ1) is 17.7. The molecule has 0 saturated heterocycles. The second-order valence-electron chi connectivity index (χ2n) is 3.63. The fourth-order valence-electron chi connectivity index (χ4n) is 1.39. The van der Waals surface area contributed by atoms with Crippen LogP contribution in [0.3, 0.4) is 0 Å². The number of hydrogen-bond donors (Lipinski definition) is 2. The molecule has 0 aliphatic rings. The molecule has 20 heavy (non-hydrogen) atoms. The van der Waals surface area contributed by atoms with E-state index in [1.165, 1.54) is 13.8 Å². The van der Waals surface area contributed by atoms with Crippen molar-refractivity contribution in [2.75, 3.05) is 13.2 Å². The van der Waals surface area contributed by atoms with E-state index in [1.54, 1.807) is 0 Å². The van der Waals surface area contributed by atoms with Crippen LogP contribution >= 0.6 is 0 Å². The zero-order chi connectivity index (χ0) is 15.8. The lowest BCUT2D eigenvalue weighted by Gasteiger charge is -2.25. The van der Waals surface area contributed by atoms with Gasteiger partial charge in [0.25, 0.3) is 0 Å². The van der Waals surface area contributed by atoms with E-state index >= 15 is 0 Å². The average molecular weight is 292 g/mol. The number of carbonyl (C=O) groups excluding carboxylic acids is 2. The molecule has 9 nitrogen and oxygen atoms in total. The second kappa shape index (κ2) is 7.97. The van der Waals surface area contributed by atoms with Crippen molar-refractivity contribution in [2.24, 2.45) is 0 Å². The first-order valence-electron chi connectivity index (χ1n) is 5.74. The van der Waals surface area contributed by atoms with Crippen LogP contribution in [0, 0.1) is 0 Å². The Balaban J connectivity index is 5.23. The van der Waals surface area contributed by atoms with Crippen molar-refractivity contribution in [1.29, 1.82) is 0 Å². The van der Waals surface area contributed by atoms with Gasteiger partial charge in [-0.25, -0.2) is 9.59 Å². The van der Waals surface area contributed by atoms with Crippen molar-refractivity contribution in [3.05, 3.63) is 0 Å². The summed E-state index contributed by atoms with van der Waals surface area (Å²) in [5, 5.41) is 17.7. The highest BCUT2D eigenvalue weighted by molar-refractivity contribution is 5.90. The molecule has 0 aliphatic heterocycles. The van der Waals surface area contributed by atoms with Crippen LogP contribution in [0.15, 0.2) is 0 Å². The van der Waals surface area contributed by atoms with Crippen molar-refractivity contribution < 1.29 is 43.6 Å². The highest BCUT2D eigenvalue weighted by Crippen LogP contribution is 2.23. The van der Waals surface area contributed by atoms with Gasteiger partial charge in [-0.05, 0) is 13.8 Å². The summed E-state index contributed by atoms with van der Waals surface area (Å²) in [6.07, 6.45) is -3.79. The monoisotopic (exact) mass is 292 g/mol. The van der Waals surface area contributed by atoms with Crippen molar-refractivity contribution in [2.45, 2.75) is 32.3 Å². The molecule has 0 rings (SSSR count). The van der Waals surface area contributed by atoms with Crippen molar-refractivity contribution in [1.82, 2.24) is 0 Å². The van der Waals surface area contributed by atoms with Crippen LogP contribution in [0.5, 0.6) is 0 Å². The maximum atomic E-state index is 11.4. The predicted molar refractivity (Wildman–Crippen MR) is 62.0 cm³/mol. The maximum Gasteiger partial charge on any atom is 0.506 e. The summed E-state index contributed by atoms with van der Waals surface area (Å²) in [5.41, 5.74) is -2.57. The number of carbonyl (C=O) groups is 4. The molecule has 0 atom stereocenters. The first-order valence-corrected chi connectivity index (χ1v) is 5.74. The van der Waals surface area contributed by atoms with Crippen molar-refractivity contribution in [3.8, 4) is 0 Å². The molecule has 0 unspecified atom stereocenters. The molecule has 9 heteroatoms. The number of rotatable bonds is 8. The van der Waals surface area contributed by atoms with Crippen LogP contribution in [0.2, 0.25) is 0 Å². The number of aliphatic carboxylic acids is 1. The number of carboxylic acid groups (broad SMARTS) is 2. The van der Waals surface area contributed by atoms with E-state index in [-0.39, 0.29) is 13.2 Å². The molecule has 2 N–H and O–H groups in total. The van der Waals surface area contributed by atoms with Crippen molar-refractivity contribution in [3.63, 3.8) is 0 Å². The van der Waals surface area contributed by atoms with Crippen LogP contribution in [-0.2, 0) is 28.6 Å². The summed E-state index contributed by atoms with van der Waals surface area (Å²) in [7, 11) is 0. The smallest absolute Gasteiger partial charge is 0.478 e. The largest absolute Gasteiger partial charge is 0.506 e. The Morgan fingerprint density at radius 3 is 1.55 bits per heavy atom. The number of carboxylic acids is 1. The van der Waals surface area contributed by atoms with Gasteiger partial charge in [0.1, 0.15) is 0 Å². The standard InChI is InChI=1S/C11H16O9/c1-3-18-7(12)5-11(9(14)15,20-10(16)17)6-8(13)19-4-2/h3-6H2,1-2H3,(H,14,15)(H,16,17). The molecule has 0 radical (unpaired) electrons. The quantitative estimate of drug-likeness (QED) is 0.481. The Hall–Kier alpha value is -2.32. The molecule has 0 aliphatic carbocycles. The number of ether oxygens (including phenoxy) is 3. The number of esters is 2. The Kier molecular flexibility index (Phi) is 7.05. The third-order valence-corrected chi connectivity index (χ3v) is 2.14. The van der Waals surface area contributed by atoms with Gasteiger partial charge in [-0.1, -0.05) is 0 Å². The van der Waals surface area contributed by atoms with E-state index in [0.29, 0.717) is 0 Å². The minimum absolute atomic E-state index is 0.0268. The third kappa shape index (κ3) is 5.55. The first-order chi connectivity index (χ1) is 9.27. The molecule has 0 aromatic heterocycles. The molecule has 0 bridgehead atoms. The third-order valence-electron chi connectivity index (χ3n) is 2.14. The number of hydrogen-bond acceptors (Lipinski definition) is 7. The topological polar surface area (TPSA) is 136 Å². The summed E-state index contributed by atoms with van der Waals surface area (Å²) in [4.78, 5) is 44.6. The maximum absolute atomic E-state index is 11.4. The van der Waals surface area contributed by atoms with Gasteiger partial charge in [-0.2, -0.15) is 0 Å². The van der Waals surface area contributed by atoms with Crippen LogP contribution in [0.1, 0.15) is 26.7 Å². The van der Waals surface area contributed by atoms with Crippen molar-refractivity contribution >= 4 is 24.1 Å². The summed E-state index contributed by atoms with van der Waals surface area (Å²) < 4.78 is 13.3. The Morgan fingerprint density at radius 1 is 0.900 bits per heavy atom. The van der Waals surface area contributed by atoms with E-state index in [1.807, 2.05) is 0 Å². The Bertz CT molecular complexity index is 367. The fraction of sp³-hybridized carbons (Fsp3) is 0.636. The van der Waals surface area contributed by atoms with E-state index in [9.17, 15) is 19.2 Å². The van der Waals surface area contributed by atoms with Crippen LogP contribution in [0.4, 0.5) is 4.79 Å². The highest BCUT2D eigenvalue weighted by atomic mass is 16.7. The van der Waals surface area contributed by atoms with Crippen LogP contribution in [0.25, 0.3) is 0 Å². The average Bonchev–Trinajstić information content (AvgIpc) is 2.27. The SMILES string of the molecule is CCOC(=O)CC(CC(=O)OCC)(OC(=O)O)C(=O)O. The molecule has 0 amide bonds. The van der Waals surface area contributed by atoms with Gasteiger partial charge in [-0.15, -0.1) is 0 Å². The lowest BCUT2D eigenvalue weighted by atomic mass is 9.95. The summed E-state index contributed by atoms with van der Waals surface area (Å²) in [6, 6.07) is 0. The Morgan fingerprint density at radius 2 is 1.30 bits per heavy atom. The molecular formula is C11H16O9. The Labute approximate surface area is 114 Å². The van der Waals surface area contributed by atoms with Gasteiger partial charge in [0.15, 0.2) is 0 Å². The van der Waals surface area contributed by atoms with E-state index in [2.05, 4.69) is 14.2 Å². The molecule has 0 aromatic carbocycles. The van der Waals surface area contributed by atoms with Gasteiger partial charge >= 0.3 is 24.1 Å². The van der Waals surface area contributed by atoms with E-state index in [4.69, 9.17) is 10.2 Å². The second-order valence-corrected chi connectivity index (χ2v) is 3.63. The van der Waals surface area contributed by atoms with Gasteiger partial charge in [-0.3, -0.25) is 9.59 Å². The predicted octanol–water partition coefficient (Wildman–Crippen LogP) is 0.411. The molecule has 0 saturated carbocycles. The zero-order valence-corrected chi connectivity index (χ0v) is 11.1. The van der Waals surface area contributed by atoms with Gasteiger partial charge < -0.3 is 24.4 Å². The van der Waals surface area contributed by atoms with Crippen LogP contribution < -0.4 is 0 Å². The highest BCUT2D eigenvalue weighted by Gasteiger charge is 2.48. The van der Waals surface area contributed by atoms with Gasteiger partial charge in [0.05, 0.1) is 26.1 Å². The lowest BCUT2D eigenvalue weighted by Crippen LogP contribution is -2.47. The van der Waals surface area contributed by atoms with Crippen LogP contribution in [-0.4, -0.2) is 53.1 Å². The minimum Gasteiger partial charge on any atom is -0.478 e. The molecule has 114 valence electrons. The fourth-order valence-corrected chi connectivity index (χ4v) is 1.39. The normalized spacial score (nSPS) is 10.5. The molecule has 0 aromatic rings. The molecule has 0 spiro atoms. The minimum atomic E-state index is -2.57. The van der Waals surface area contributed by atoms with E-state index < -0.39 is 42.5 Å². The van der Waals surface area contributed by atoms with Gasteiger partial charge in [0, 0.05) is 0 Å². The summed E-state index contributed by atoms with van der Waals surface area (Å²) in [5.74, 6) is -3.78. The lowest BCUT2D eigenvalue weighted by molar-refractivity contribution is -0.175. The summed E-state index contributed by atoms with van der Waals surface area (Å²) in [6.45, 7) is 2.93. The molecule has 0 fully saturated rings. The van der Waals surface area contributed by atoms with E-state index in [0.717, 1.165) is 0 Å². The zero-order valence-electron chi connectivity index (χ0n) is 11.1. The molecule has 0 heterocycles. The molecular weight excluding hydrogens is 276 g/mol.